The first kappa shape index (κ1) is 30.5. The van der Waals surface area contributed by atoms with Gasteiger partial charge in [-0.25, -0.2) is 0 Å². The largest absolute Gasteiger partial charge is 0.393 e. The van der Waals surface area contributed by atoms with E-state index in [0.717, 1.165) is 5.57 Å². The Hall–Kier alpha value is -1.45. The molecule has 8 nitrogen and oxygen atoms in total. The molecule has 8 heteroatoms. The normalized spacial score (nSPS) is 44.0. The highest BCUT2D eigenvalue weighted by Gasteiger charge is 2.74. The Balaban J connectivity index is 1.76. The second kappa shape index (κ2) is 9.02. The maximum Gasteiger partial charge on any atom is 0.170 e. The first-order chi connectivity index (χ1) is 17.6. The maximum absolute atomic E-state index is 14.3. The van der Waals surface area contributed by atoms with Crippen molar-refractivity contribution in [1.82, 2.24) is 0 Å². The Bertz CT molecular complexity index is 1100. The molecule has 3 saturated carbocycles. The number of fused-ring (bicyclic) bond motifs is 5. The van der Waals surface area contributed by atoms with E-state index in [9.17, 15) is 34.8 Å². The molecule has 0 aromatic rings. The molecule has 0 bridgehead atoms. The zero-order valence-corrected chi connectivity index (χ0v) is 25.0. The van der Waals surface area contributed by atoms with Crippen molar-refractivity contribution in [2.24, 2.45) is 39.4 Å². The van der Waals surface area contributed by atoms with Crippen LogP contribution in [0, 0.1) is 39.4 Å². The molecule has 39 heavy (non-hydrogen) atoms. The summed E-state index contributed by atoms with van der Waals surface area (Å²) in [5.74, 6) is -2.22. The van der Waals surface area contributed by atoms with Gasteiger partial charge in [-0.05, 0) is 76.5 Å². The first-order valence-corrected chi connectivity index (χ1v) is 14.3. The van der Waals surface area contributed by atoms with E-state index >= 15 is 0 Å². The fourth-order valence-electron chi connectivity index (χ4n) is 9.57. The lowest BCUT2D eigenvalue weighted by molar-refractivity contribution is -0.186. The van der Waals surface area contributed by atoms with E-state index in [1.165, 1.54) is 27.9 Å². The van der Waals surface area contributed by atoms with Crippen molar-refractivity contribution >= 4 is 17.3 Å². The van der Waals surface area contributed by atoms with Gasteiger partial charge < -0.3 is 25.2 Å². The molecule has 3 fully saturated rings. The molecule has 0 spiro atoms. The van der Waals surface area contributed by atoms with Crippen LogP contribution in [0.3, 0.4) is 0 Å². The zero-order chi connectivity index (χ0) is 29.7. The van der Waals surface area contributed by atoms with Crippen LogP contribution in [0.5, 0.6) is 0 Å². The molecular formula is C31H48O8. The Labute approximate surface area is 232 Å². The SMILES string of the molecule is CO[C@@H](CC(=O)[C@](C)(O)[C@H]1[C@H](O)C[C@@]2(C)[C@@H]3CC=C4[C@@H](C[C@H](O)C(=O)C4(C)C)[C@]3(C)C(=O)C[C@]12C)C(C)(C)O. The second-order valence-corrected chi connectivity index (χ2v) is 14.9. The van der Waals surface area contributed by atoms with Crippen LogP contribution >= 0.6 is 0 Å². The lowest BCUT2D eigenvalue weighted by Gasteiger charge is -2.64. The number of carbonyl (C=O) groups excluding carboxylic acids is 3. The van der Waals surface area contributed by atoms with Crippen molar-refractivity contribution in [3.63, 3.8) is 0 Å². The number of Topliss-reactive ketones (excluding diaryl/α,β-unsaturated/α-hetero) is 3. The monoisotopic (exact) mass is 548 g/mol. The van der Waals surface area contributed by atoms with E-state index in [1.807, 2.05) is 27.7 Å². The third kappa shape index (κ3) is 3.99. The van der Waals surface area contributed by atoms with Gasteiger partial charge in [-0.15, -0.1) is 0 Å². The Morgan fingerprint density at radius 2 is 1.67 bits per heavy atom. The third-order valence-corrected chi connectivity index (χ3v) is 12.0. The molecule has 0 amide bonds. The van der Waals surface area contributed by atoms with E-state index in [-0.39, 0.29) is 42.7 Å². The van der Waals surface area contributed by atoms with Crippen molar-refractivity contribution in [2.45, 2.75) is 117 Å². The van der Waals surface area contributed by atoms with Gasteiger partial charge in [-0.3, -0.25) is 14.4 Å². The molecular weight excluding hydrogens is 500 g/mol. The molecule has 4 rings (SSSR count). The average molecular weight is 549 g/mol. The van der Waals surface area contributed by atoms with Crippen molar-refractivity contribution in [1.29, 1.82) is 0 Å². The summed E-state index contributed by atoms with van der Waals surface area (Å²) < 4.78 is 5.36. The molecule has 0 aromatic heterocycles. The van der Waals surface area contributed by atoms with Crippen LogP contribution in [0.15, 0.2) is 11.6 Å². The molecule has 0 saturated heterocycles. The van der Waals surface area contributed by atoms with Gasteiger partial charge in [-0.1, -0.05) is 32.4 Å². The number of hydrogen-bond acceptors (Lipinski definition) is 8. The predicted octanol–water partition coefficient (Wildman–Crippen LogP) is 2.78. The van der Waals surface area contributed by atoms with Gasteiger partial charge in [0.1, 0.15) is 17.5 Å². The summed E-state index contributed by atoms with van der Waals surface area (Å²) >= 11 is 0. The molecule has 0 radical (unpaired) electrons. The van der Waals surface area contributed by atoms with Gasteiger partial charge >= 0.3 is 0 Å². The minimum atomic E-state index is -1.97. The summed E-state index contributed by atoms with van der Waals surface area (Å²) in [7, 11) is 1.40. The molecule has 0 unspecified atom stereocenters. The van der Waals surface area contributed by atoms with Crippen LogP contribution in [0.4, 0.5) is 0 Å². The number of aliphatic hydroxyl groups excluding tert-OH is 2. The van der Waals surface area contributed by atoms with E-state index in [4.69, 9.17) is 4.74 Å². The van der Waals surface area contributed by atoms with Gasteiger partial charge in [0.25, 0.3) is 0 Å². The number of ketones is 3. The molecule has 10 atom stereocenters. The number of allylic oxidation sites excluding steroid dienone is 2. The first-order valence-electron chi connectivity index (χ1n) is 14.3. The Morgan fingerprint density at radius 3 is 2.21 bits per heavy atom. The van der Waals surface area contributed by atoms with Crippen LogP contribution in [-0.2, 0) is 19.1 Å². The molecule has 4 aliphatic rings. The van der Waals surface area contributed by atoms with Gasteiger partial charge in [-0.2, -0.15) is 0 Å². The zero-order valence-electron chi connectivity index (χ0n) is 25.0. The molecule has 0 heterocycles. The number of hydrogen-bond donors (Lipinski definition) is 4. The lowest BCUT2D eigenvalue weighted by Crippen LogP contribution is -2.65. The summed E-state index contributed by atoms with van der Waals surface area (Å²) in [5, 5.41) is 44.5. The number of rotatable bonds is 6. The molecule has 0 aliphatic heterocycles. The molecule has 4 aliphatic carbocycles. The standard InChI is InChI=1S/C31H48O8/c1-26(2)16-10-11-20-28(5)14-19(33)24(31(8,38)21(34)13-23(39-9)27(3,4)37)29(28,6)15-22(35)30(20,7)17(16)12-18(32)25(26)36/h10,17-20,23-24,32-33,37-38H,11-15H2,1-9H3/t17-,18+,19-,20+,23+,24+,28+,29-,30+,31+/m1/s1. The minimum Gasteiger partial charge on any atom is -0.393 e. The van der Waals surface area contributed by atoms with Crippen molar-refractivity contribution in [3.05, 3.63) is 11.6 Å². The maximum atomic E-state index is 14.3. The summed E-state index contributed by atoms with van der Waals surface area (Å²) in [5.41, 5.74) is -5.61. The van der Waals surface area contributed by atoms with E-state index in [1.54, 1.807) is 0 Å². The highest BCUT2D eigenvalue weighted by molar-refractivity contribution is 5.95. The van der Waals surface area contributed by atoms with Crippen molar-refractivity contribution in [2.75, 3.05) is 7.11 Å². The lowest BCUT2D eigenvalue weighted by atomic mass is 9.38. The molecule has 4 N–H and O–H groups in total. The highest BCUT2D eigenvalue weighted by Crippen LogP contribution is 2.74. The minimum absolute atomic E-state index is 0.0194. The van der Waals surface area contributed by atoms with Crippen molar-refractivity contribution in [3.8, 4) is 0 Å². The number of methoxy groups -OCH3 is 1. The molecule has 220 valence electrons. The predicted molar refractivity (Wildman–Crippen MR) is 144 cm³/mol. The van der Waals surface area contributed by atoms with Gasteiger partial charge in [0, 0.05) is 36.7 Å². The summed E-state index contributed by atoms with van der Waals surface area (Å²) in [6, 6.07) is 0. The fraction of sp³-hybridized carbons (Fsp3) is 0.839. The van der Waals surface area contributed by atoms with Crippen LogP contribution in [0.1, 0.15) is 87.5 Å². The van der Waals surface area contributed by atoms with Gasteiger partial charge in [0.05, 0.1) is 17.8 Å². The quantitative estimate of drug-likeness (QED) is 0.371. The number of aliphatic hydroxyl groups is 4. The van der Waals surface area contributed by atoms with Gasteiger partial charge in [0.2, 0.25) is 0 Å². The summed E-state index contributed by atoms with van der Waals surface area (Å²) in [6.07, 6.45) is -0.0942. The Morgan fingerprint density at radius 1 is 1.08 bits per heavy atom. The van der Waals surface area contributed by atoms with Crippen LogP contribution in [-0.4, -0.2) is 74.4 Å². The topological polar surface area (TPSA) is 141 Å². The third-order valence-electron chi connectivity index (χ3n) is 12.0. The number of ether oxygens (including phenoxy) is 1. The summed E-state index contributed by atoms with van der Waals surface area (Å²) in [4.78, 5) is 40.8. The van der Waals surface area contributed by atoms with Gasteiger partial charge in [0.15, 0.2) is 11.6 Å². The van der Waals surface area contributed by atoms with E-state index < -0.39 is 62.9 Å². The van der Waals surface area contributed by atoms with Crippen LogP contribution in [0.25, 0.3) is 0 Å². The smallest absolute Gasteiger partial charge is 0.170 e. The number of carbonyl (C=O) groups is 3. The summed E-state index contributed by atoms with van der Waals surface area (Å²) in [6.45, 7) is 14.1. The fourth-order valence-corrected chi connectivity index (χ4v) is 9.57. The van der Waals surface area contributed by atoms with E-state index in [0.29, 0.717) is 12.8 Å². The Kier molecular flexibility index (Phi) is 7.06. The van der Waals surface area contributed by atoms with Crippen LogP contribution in [0.2, 0.25) is 0 Å². The highest BCUT2D eigenvalue weighted by atomic mass is 16.5. The molecule has 0 aromatic carbocycles. The van der Waals surface area contributed by atoms with Crippen LogP contribution < -0.4 is 0 Å². The van der Waals surface area contributed by atoms with E-state index in [2.05, 4.69) is 13.0 Å². The van der Waals surface area contributed by atoms with Crippen molar-refractivity contribution < 1.29 is 39.5 Å². The second-order valence-electron chi connectivity index (χ2n) is 14.9. The average Bonchev–Trinajstić information content (AvgIpc) is 3.00.